The summed E-state index contributed by atoms with van der Waals surface area (Å²) in [5, 5.41) is 0. The van der Waals surface area contributed by atoms with E-state index in [1.54, 1.807) is 0 Å². The van der Waals surface area contributed by atoms with E-state index in [1.165, 1.54) is 0 Å². The third-order valence-electron chi connectivity index (χ3n) is 0.997. The first-order valence-electron chi connectivity index (χ1n) is 4.44. The Kier molecular flexibility index (Phi) is 38.1. The Bertz CT molecular complexity index is 107. The molecular weight excluding hydrogens is 170 g/mol. The van der Waals surface area contributed by atoms with Gasteiger partial charge in [0.25, 0.3) is 0 Å². The highest BCUT2D eigenvalue weighted by molar-refractivity contribution is 5.74. The molecule has 0 saturated carbocycles. The van der Waals surface area contributed by atoms with Gasteiger partial charge in [0.1, 0.15) is 0 Å². The van der Waals surface area contributed by atoms with Gasteiger partial charge in [-0.15, -0.1) is 0 Å². The van der Waals surface area contributed by atoms with Crippen LogP contribution in [-0.2, 0) is 0 Å². The maximum atomic E-state index is 4.13. The van der Waals surface area contributed by atoms with Crippen LogP contribution in [0.1, 0.15) is 63.8 Å². The second-order valence-electron chi connectivity index (χ2n) is 2.29. The van der Waals surface area contributed by atoms with Gasteiger partial charge in [-0.3, -0.25) is 4.99 Å². The van der Waals surface area contributed by atoms with Crippen LogP contribution in [0.3, 0.4) is 0 Å². The molecule has 0 aromatic rings. The van der Waals surface area contributed by atoms with Gasteiger partial charge in [0.05, 0.1) is 5.54 Å². The highest BCUT2D eigenvalue weighted by Gasteiger charge is 2.11. The SMILES string of the molecule is C.C.C.CC.CC.CC1(C)C=CC=N1. The van der Waals surface area contributed by atoms with Crippen LogP contribution in [0, 0.1) is 0 Å². The van der Waals surface area contributed by atoms with Crippen LogP contribution in [0.5, 0.6) is 0 Å². The predicted molar refractivity (Wildman–Crippen MR) is 74.6 cm³/mol. The molecule has 14 heavy (non-hydrogen) atoms. The normalized spacial score (nSPS) is 12.7. The average molecular weight is 203 g/mol. The molecule has 0 N–H and O–H groups in total. The minimum atomic E-state index is 0. The van der Waals surface area contributed by atoms with Crippen molar-refractivity contribution in [1.82, 2.24) is 0 Å². The number of hydrogen-bond donors (Lipinski definition) is 0. The lowest BCUT2D eigenvalue weighted by molar-refractivity contribution is 0.672. The standard InChI is InChI=1S/C6H9N.2C2H6.3CH4/c1-6(2)4-3-5-7-6;2*1-2;;;/h3-5H,1-2H3;2*1-2H3;3*1H4. The zero-order valence-electron chi connectivity index (χ0n) is 8.68. The number of aliphatic imine (C=N–C) groups is 1. The summed E-state index contributed by atoms with van der Waals surface area (Å²) in [6.07, 6.45) is 5.88. The minimum Gasteiger partial charge on any atom is -0.283 e. The lowest BCUT2D eigenvalue weighted by Crippen LogP contribution is -2.07. The second-order valence-corrected chi connectivity index (χ2v) is 2.29. The van der Waals surface area contributed by atoms with E-state index in [1.807, 2.05) is 40.0 Å². The van der Waals surface area contributed by atoms with E-state index in [0.717, 1.165) is 0 Å². The Morgan fingerprint density at radius 3 is 1.29 bits per heavy atom. The lowest BCUT2D eigenvalue weighted by atomic mass is 10.1. The first-order valence-corrected chi connectivity index (χ1v) is 4.44. The molecule has 0 aromatic heterocycles. The van der Waals surface area contributed by atoms with Crippen molar-refractivity contribution < 1.29 is 0 Å². The van der Waals surface area contributed by atoms with Crippen LogP contribution in [0.2, 0.25) is 0 Å². The molecule has 1 heteroatoms. The number of hydrogen-bond acceptors (Lipinski definition) is 1. The topological polar surface area (TPSA) is 12.4 Å². The maximum absolute atomic E-state index is 4.13. The molecule has 1 aliphatic heterocycles. The van der Waals surface area contributed by atoms with E-state index in [9.17, 15) is 0 Å². The van der Waals surface area contributed by atoms with Crippen molar-refractivity contribution in [3.05, 3.63) is 12.2 Å². The fraction of sp³-hybridized carbons (Fsp3) is 0.769. The van der Waals surface area contributed by atoms with Crippen molar-refractivity contribution in [2.75, 3.05) is 0 Å². The van der Waals surface area contributed by atoms with E-state index in [0.29, 0.717) is 0 Å². The van der Waals surface area contributed by atoms with Gasteiger partial charge in [0, 0.05) is 6.21 Å². The molecule has 0 amide bonds. The Morgan fingerprint density at radius 2 is 1.21 bits per heavy atom. The van der Waals surface area contributed by atoms with E-state index < -0.39 is 0 Å². The molecule has 0 spiro atoms. The first kappa shape index (κ1) is 29.2. The van der Waals surface area contributed by atoms with E-state index in [-0.39, 0.29) is 27.8 Å². The van der Waals surface area contributed by atoms with Crippen molar-refractivity contribution >= 4 is 6.21 Å². The monoisotopic (exact) mass is 203 g/mol. The van der Waals surface area contributed by atoms with Gasteiger partial charge in [0.2, 0.25) is 0 Å². The third kappa shape index (κ3) is 17.5. The lowest BCUT2D eigenvalue weighted by Gasteiger charge is -2.07. The van der Waals surface area contributed by atoms with E-state index in [4.69, 9.17) is 0 Å². The van der Waals surface area contributed by atoms with Gasteiger partial charge in [0.15, 0.2) is 0 Å². The van der Waals surface area contributed by atoms with Crippen molar-refractivity contribution in [2.45, 2.75) is 69.4 Å². The fourth-order valence-corrected chi connectivity index (χ4v) is 0.557. The van der Waals surface area contributed by atoms with Crippen LogP contribution in [0.25, 0.3) is 0 Å². The molecule has 1 aliphatic rings. The summed E-state index contributed by atoms with van der Waals surface area (Å²) in [5.74, 6) is 0. The maximum Gasteiger partial charge on any atom is 0.0735 e. The number of allylic oxidation sites excluding steroid dienone is 1. The number of rotatable bonds is 0. The molecule has 0 atom stereocenters. The third-order valence-corrected chi connectivity index (χ3v) is 0.997. The van der Waals surface area contributed by atoms with Crippen molar-refractivity contribution in [1.29, 1.82) is 0 Å². The molecule has 1 nitrogen and oxygen atoms in total. The fourth-order valence-electron chi connectivity index (χ4n) is 0.557. The van der Waals surface area contributed by atoms with Gasteiger partial charge < -0.3 is 0 Å². The van der Waals surface area contributed by atoms with E-state index in [2.05, 4.69) is 24.9 Å². The molecule has 0 aromatic carbocycles. The highest BCUT2D eigenvalue weighted by Crippen LogP contribution is 2.12. The summed E-state index contributed by atoms with van der Waals surface area (Å²) < 4.78 is 0. The molecular formula is C13H33N. The Labute approximate surface area is 93.3 Å². The van der Waals surface area contributed by atoms with E-state index >= 15 is 0 Å². The van der Waals surface area contributed by atoms with Crippen LogP contribution < -0.4 is 0 Å². The molecule has 0 aliphatic carbocycles. The summed E-state index contributed by atoms with van der Waals surface area (Å²) >= 11 is 0. The average Bonchev–Trinajstić information content (AvgIpc) is 2.43. The van der Waals surface area contributed by atoms with Crippen molar-refractivity contribution in [3.63, 3.8) is 0 Å². The van der Waals surface area contributed by atoms with Crippen molar-refractivity contribution in [3.8, 4) is 0 Å². The van der Waals surface area contributed by atoms with Gasteiger partial charge in [-0.1, -0.05) is 56.1 Å². The molecule has 1 rings (SSSR count). The predicted octanol–water partition coefficient (Wildman–Crippen LogP) is 5.37. The smallest absolute Gasteiger partial charge is 0.0735 e. The second kappa shape index (κ2) is 18.2. The minimum absolute atomic E-state index is 0. The zero-order chi connectivity index (χ0) is 9.33. The van der Waals surface area contributed by atoms with Gasteiger partial charge >= 0.3 is 0 Å². The summed E-state index contributed by atoms with van der Waals surface area (Å²) in [7, 11) is 0. The van der Waals surface area contributed by atoms with Crippen LogP contribution in [0.4, 0.5) is 0 Å². The summed E-state index contributed by atoms with van der Waals surface area (Å²) in [4.78, 5) is 4.13. The first-order chi connectivity index (χ1) is 5.21. The molecule has 90 valence electrons. The van der Waals surface area contributed by atoms with Gasteiger partial charge in [-0.25, -0.2) is 0 Å². The summed E-state index contributed by atoms with van der Waals surface area (Å²) in [6, 6.07) is 0. The zero-order valence-corrected chi connectivity index (χ0v) is 8.68. The quantitative estimate of drug-likeness (QED) is 0.502. The Hall–Kier alpha value is -0.590. The molecule has 1 heterocycles. The summed E-state index contributed by atoms with van der Waals surface area (Å²) in [5.41, 5.74) is 0.0833. The largest absolute Gasteiger partial charge is 0.283 e. The number of nitrogens with zero attached hydrogens (tertiary/aromatic N) is 1. The molecule has 0 radical (unpaired) electrons. The molecule has 0 unspecified atom stereocenters. The molecule has 0 saturated heterocycles. The summed E-state index contributed by atoms with van der Waals surface area (Å²) in [6.45, 7) is 12.2. The van der Waals surface area contributed by atoms with Crippen molar-refractivity contribution in [2.24, 2.45) is 4.99 Å². The van der Waals surface area contributed by atoms with Gasteiger partial charge in [-0.05, 0) is 19.9 Å². The van der Waals surface area contributed by atoms with Crippen LogP contribution in [0.15, 0.2) is 17.1 Å². The highest BCUT2D eigenvalue weighted by atomic mass is 14.8. The Balaban J connectivity index is -0.0000000350. The molecule has 0 fully saturated rings. The molecule has 0 bridgehead atoms. The van der Waals surface area contributed by atoms with Gasteiger partial charge in [-0.2, -0.15) is 0 Å². The van der Waals surface area contributed by atoms with Crippen LogP contribution in [-0.4, -0.2) is 11.8 Å². The van der Waals surface area contributed by atoms with Crippen LogP contribution >= 0.6 is 0 Å². The Morgan fingerprint density at radius 1 is 0.857 bits per heavy atom.